The maximum atomic E-state index is 11.8. The first-order valence-electron chi connectivity index (χ1n) is 2.24. The monoisotopic (exact) mass is 210 g/mol. The lowest BCUT2D eigenvalue weighted by Gasteiger charge is -1.90. The number of rotatable bonds is 1. The van der Waals surface area contributed by atoms with Gasteiger partial charge in [-0.25, -0.2) is 8.96 Å². The molecule has 0 aromatic carbocycles. The van der Waals surface area contributed by atoms with Gasteiger partial charge in [-0.3, -0.25) is 0 Å². The number of hydrogen-bond acceptors (Lipinski definition) is 2. The summed E-state index contributed by atoms with van der Waals surface area (Å²) in [6.45, 7) is 1.80. The molecule has 50 valence electrons. The van der Waals surface area contributed by atoms with E-state index in [9.17, 15) is 3.89 Å². The Bertz CT molecular complexity index is 212. The highest BCUT2D eigenvalue weighted by Gasteiger charge is 2.02. The van der Waals surface area contributed by atoms with Crippen LogP contribution in [-0.4, -0.2) is 8.96 Å². The van der Waals surface area contributed by atoms with Crippen LogP contribution in [0.2, 0.25) is 0 Å². The van der Waals surface area contributed by atoms with Crippen LogP contribution >= 0.6 is 28.3 Å². The SMILES string of the molecule is Cc1ncn(SF)c1Br. The Kier molecular flexibility index (Phi) is 2.13. The molecule has 0 atom stereocenters. The Morgan fingerprint density at radius 2 is 2.56 bits per heavy atom. The molecule has 0 radical (unpaired) electrons. The van der Waals surface area contributed by atoms with E-state index in [1.807, 2.05) is 0 Å². The van der Waals surface area contributed by atoms with Gasteiger partial charge in [0.15, 0.2) is 12.3 Å². The molecule has 0 unspecified atom stereocenters. The second-order valence-electron chi connectivity index (χ2n) is 1.52. The van der Waals surface area contributed by atoms with Crippen molar-refractivity contribution in [1.82, 2.24) is 8.96 Å². The van der Waals surface area contributed by atoms with Crippen molar-refractivity contribution in [2.45, 2.75) is 6.92 Å². The predicted octanol–water partition coefficient (Wildman–Crippen LogP) is 2.33. The summed E-state index contributed by atoms with van der Waals surface area (Å²) in [7, 11) is 0. The van der Waals surface area contributed by atoms with E-state index in [2.05, 4.69) is 20.9 Å². The van der Waals surface area contributed by atoms with Gasteiger partial charge < -0.3 is 0 Å². The van der Waals surface area contributed by atoms with Crippen LogP contribution in [0.1, 0.15) is 5.69 Å². The lowest BCUT2D eigenvalue weighted by atomic mass is 10.6. The van der Waals surface area contributed by atoms with Crippen LogP contribution in [0.15, 0.2) is 10.9 Å². The summed E-state index contributed by atoms with van der Waals surface area (Å²) >= 11 is 3.27. The molecule has 0 N–H and O–H groups in total. The van der Waals surface area contributed by atoms with Crippen molar-refractivity contribution in [3.05, 3.63) is 16.6 Å². The molecule has 0 saturated heterocycles. The fraction of sp³-hybridized carbons (Fsp3) is 0.250. The second-order valence-corrected chi connectivity index (χ2v) is 2.80. The summed E-state index contributed by atoms with van der Waals surface area (Å²) in [5.41, 5.74) is 0.792. The van der Waals surface area contributed by atoms with E-state index in [1.54, 1.807) is 6.92 Å². The van der Waals surface area contributed by atoms with E-state index in [4.69, 9.17) is 0 Å². The summed E-state index contributed by atoms with van der Waals surface area (Å²) in [6, 6.07) is 0. The van der Waals surface area contributed by atoms with Gasteiger partial charge in [0.1, 0.15) is 10.9 Å². The largest absolute Gasteiger partial charge is 0.240 e. The lowest BCUT2D eigenvalue weighted by Crippen LogP contribution is -1.78. The molecule has 1 aromatic heterocycles. The molecule has 0 amide bonds. The minimum absolute atomic E-state index is 0.124. The zero-order valence-corrected chi connectivity index (χ0v) is 7.04. The number of nitrogens with zero attached hydrogens (tertiary/aromatic N) is 2. The van der Waals surface area contributed by atoms with Gasteiger partial charge in [0, 0.05) is 0 Å². The number of imidazole rings is 1. The summed E-state index contributed by atoms with van der Waals surface area (Å²) in [4.78, 5) is 3.84. The molecule has 0 bridgehead atoms. The van der Waals surface area contributed by atoms with Crippen LogP contribution in [0.4, 0.5) is 3.89 Å². The molecule has 0 aliphatic heterocycles. The highest BCUT2D eigenvalue weighted by atomic mass is 79.9. The van der Waals surface area contributed by atoms with E-state index in [0.717, 1.165) is 5.69 Å². The van der Waals surface area contributed by atoms with Gasteiger partial charge in [-0.1, -0.05) is 0 Å². The molecule has 1 heterocycles. The van der Waals surface area contributed by atoms with Crippen LogP contribution in [-0.2, 0) is 0 Å². The Labute approximate surface area is 65.0 Å². The third-order valence-corrected chi connectivity index (χ3v) is 2.54. The first-order valence-corrected chi connectivity index (χ1v) is 3.71. The van der Waals surface area contributed by atoms with Crippen molar-refractivity contribution in [2.24, 2.45) is 0 Å². The fourth-order valence-corrected chi connectivity index (χ4v) is 1.08. The average molecular weight is 211 g/mol. The molecule has 0 saturated carbocycles. The van der Waals surface area contributed by atoms with Crippen LogP contribution in [0.3, 0.4) is 0 Å². The van der Waals surface area contributed by atoms with Crippen molar-refractivity contribution >= 4 is 28.3 Å². The number of hydrogen-bond donors (Lipinski definition) is 0. The molecule has 1 rings (SSSR count). The summed E-state index contributed by atoms with van der Waals surface area (Å²) < 4.78 is 13.8. The minimum Gasteiger partial charge on any atom is -0.240 e. The smallest absolute Gasteiger partial charge is 0.171 e. The van der Waals surface area contributed by atoms with E-state index in [-0.39, 0.29) is 12.3 Å². The number of aryl methyl sites for hydroxylation is 1. The summed E-state index contributed by atoms with van der Waals surface area (Å²) in [5.74, 6) is 0. The van der Waals surface area contributed by atoms with Crippen molar-refractivity contribution in [3.8, 4) is 0 Å². The zero-order chi connectivity index (χ0) is 6.85. The van der Waals surface area contributed by atoms with E-state index in [0.29, 0.717) is 4.60 Å². The Balaban J connectivity index is 3.04. The van der Waals surface area contributed by atoms with Gasteiger partial charge in [0.25, 0.3) is 0 Å². The van der Waals surface area contributed by atoms with Gasteiger partial charge in [0.2, 0.25) is 0 Å². The predicted molar refractivity (Wildman–Crippen MR) is 38.8 cm³/mol. The number of aromatic nitrogens is 2. The second kappa shape index (κ2) is 2.70. The molecule has 2 nitrogen and oxygen atoms in total. The molecule has 1 aromatic rings. The van der Waals surface area contributed by atoms with Gasteiger partial charge in [-0.15, -0.1) is 3.89 Å². The molecular weight excluding hydrogens is 207 g/mol. The third kappa shape index (κ3) is 1.27. The molecular formula is C4H4BrFN2S. The van der Waals surface area contributed by atoms with Crippen molar-refractivity contribution < 1.29 is 3.89 Å². The van der Waals surface area contributed by atoms with Crippen molar-refractivity contribution in [2.75, 3.05) is 0 Å². The normalized spacial score (nSPS) is 10.1. The van der Waals surface area contributed by atoms with Gasteiger partial charge in [0.05, 0.1) is 5.69 Å². The van der Waals surface area contributed by atoms with Crippen LogP contribution in [0.5, 0.6) is 0 Å². The highest BCUT2D eigenvalue weighted by Crippen LogP contribution is 2.20. The zero-order valence-electron chi connectivity index (χ0n) is 4.64. The van der Waals surface area contributed by atoms with Gasteiger partial charge >= 0.3 is 0 Å². The maximum Gasteiger partial charge on any atom is 0.171 e. The van der Waals surface area contributed by atoms with Crippen LogP contribution in [0.25, 0.3) is 0 Å². The van der Waals surface area contributed by atoms with Crippen LogP contribution in [0, 0.1) is 6.92 Å². The van der Waals surface area contributed by atoms with E-state index < -0.39 is 0 Å². The number of halogens is 2. The lowest BCUT2D eigenvalue weighted by molar-refractivity contribution is 0.911. The molecule has 0 aliphatic carbocycles. The Morgan fingerprint density at radius 1 is 1.89 bits per heavy atom. The minimum atomic E-state index is 0.124. The molecule has 0 aliphatic rings. The van der Waals surface area contributed by atoms with Gasteiger partial charge in [-0.2, -0.15) is 0 Å². The average Bonchev–Trinajstić information content (AvgIpc) is 2.15. The maximum absolute atomic E-state index is 11.8. The van der Waals surface area contributed by atoms with Crippen LogP contribution < -0.4 is 0 Å². The fourth-order valence-electron chi connectivity index (χ4n) is 0.451. The highest BCUT2D eigenvalue weighted by molar-refractivity contribution is 9.10. The van der Waals surface area contributed by atoms with Crippen molar-refractivity contribution in [3.63, 3.8) is 0 Å². The Hall–Kier alpha value is -0.0300. The first-order chi connectivity index (χ1) is 4.25. The van der Waals surface area contributed by atoms with E-state index in [1.165, 1.54) is 10.3 Å². The van der Waals surface area contributed by atoms with Gasteiger partial charge in [-0.05, 0) is 22.9 Å². The standard InChI is InChI=1S/C4H4BrFN2S/c1-3-4(5)8(9-6)2-7-3/h2H,1H3. The summed E-state index contributed by atoms with van der Waals surface area (Å²) in [6.07, 6.45) is 1.42. The summed E-state index contributed by atoms with van der Waals surface area (Å²) in [5, 5.41) is 0. The Morgan fingerprint density at radius 3 is 2.78 bits per heavy atom. The van der Waals surface area contributed by atoms with E-state index >= 15 is 0 Å². The first kappa shape index (κ1) is 7.08. The van der Waals surface area contributed by atoms with Crippen molar-refractivity contribution in [1.29, 1.82) is 0 Å². The quantitative estimate of drug-likeness (QED) is 0.709. The molecule has 0 fully saturated rings. The molecule has 5 heteroatoms. The molecule has 9 heavy (non-hydrogen) atoms. The molecule has 0 spiro atoms. The topological polar surface area (TPSA) is 17.8 Å². The third-order valence-electron chi connectivity index (χ3n) is 0.923.